The number of carbonyl (C=O) groups is 1. The van der Waals surface area contributed by atoms with Crippen LogP contribution in [0.4, 0.5) is 0 Å². The molecular weight excluding hydrogens is 606 g/mol. The van der Waals surface area contributed by atoms with Crippen LogP contribution in [-0.2, 0) is 24.6 Å². The van der Waals surface area contributed by atoms with Gasteiger partial charge in [0.25, 0.3) is 5.56 Å². The van der Waals surface area contributed by atoms with Crippen LogP contribution in [0, 0.1) is 0 Å². The number of methoxy groups -OCH3 is 2. The predicted octanol–water partition coefficient (Wildman–Crippen LogP) is 2.68. The average Bonchev–Trinajstić information content (AvgIpc) is 3.40. The number of benzene rings is 3. The molecule has 248 valence electrons. The summed E-state index contributed by atoms with van der Waals surface area (Å²) in [4.78, 5) is 40.5. The largest absolute Gasteiger partial charge is 0.497 e. The number of aliphatic hydroxyl groups excluding tert-OH is 1. The van der Waals surface area contributed by atoms with Crippen LogP contribution >= 0.6 is 0 Å². The average molecular weight is 646 g/mol. The minimum Gasteiger partial charge on any atom is -0.497 e. The van der Waals surface area contributed by atoms with E-state index in [1.54, 1.807) is 28.3 Å². The van der Waals surface area contributed by atoms with Gasteiger partial charge in [-0.15, -0.1) is 0 Å². The highest BCUT2D eigenvalue weighted by atomic mass is 16.6. The fourth-order valence-electron chi connectivity index (χ4n) is 5.67. The molecule has 2 heterocycles. The Kier molecular flexibility index (Phi) is 10.6. The smallest absolute Gasteiger partial charge is 0.330 e. The van der Waals surface area contributed by atoms with E-state index in [0.29, 0.717) is 11.5 Å². The predicted molar refractivity (Wildman–Crippen MR) is 173 cm³/mol. The van der Waals surface area contributed by atoms with E-state index in [9.17, 15) is 19.5 Å². The van der Waals surface area contributed by atoms with E-state index in [4.69, 9.17) is 23.7 Å². The Bertz CT molecular complexity index is 1690. The number of H-pyrrole nitrogens is 1. The van der Waals surface area contributed by atoms with Crippen LogP contribution in [0.15, 0.2) is 101 Å². The molecule has 0 aliphatic carbocycles. The van der Waals surface area contributed by atoms with E-state index < -0.39 is 41.4 Å². The molecule has 1 amide bonds. The highest BCUT2D eigenvalue weighted by molar-refractivity contribution is 5.75. The van der Waals surface area contributed by atoms with Gasteiger partial charge in [-0.1, -0.05) is 54.6 Å². The van der Waals surface area contributed by atoms with E-state index >= 15 is 0 Å². The van der Waals surface area contributed by atoms with Crippen molar-refractivity contribution in [3.63, 3.8) is 0 Å². The van der Waals surface area contributed by atoms with Gasteiger partial charge in [-0.05, 0) is 41.0 Å². The second-order valence-electron chi connectivity index (χ2n) is 11.3. The molecule has 2 N–H and O–H groups in total. The Morgan fingerprint density at radius 3 is 2.00 bits per heavy atom. The molecule has 0 bridgehead atoms. The number of carbonyl (C=O) groups excluding carboxylic acids is 1. The lowest BCUT2D eigenvalue weighted by molar-refractivity contribution is -0.132. The lowest BCUT2D eigenvalue weighted by Gasteiger charge is -2.37. The van der Waals surface area contributed by atoms with Gasteiger partial charge in [0, 0.05) is 26.4 Å². The molecular formula is C35H39N3O9. The number of ether oxygens (including phenoxy) is 5. The van der Waals surface area contributed by atoms with E-state index in [1.165, 1.54) is 17.2 Å². The molecule has 1 fully saturated rings. The first-order valence-corrected chi connectivity index (χ1v) is 15.1. The van der Waals surface area contributed by atoms with Gasteiger partial charge in [-0.25, -0.2) is 4.79 Å². The Morgan fingerprint density at radius 1 is 0.894 bits per heavy atom. The van der Waals surface area contributed by atoms with Crippen molar-refractivity contribution in [1.82, 2.24) is 14.5 Å². The normalized spacial score (nSPS) is 19.3. The molecule has 1 aliphatic heterocycles. The quantitative estimate of drug-likeness (QED) is 0.210. The lowest BCUT2D eigenvalue weighted by atomic mass is 9.80. The molecule has 12 heteroatoms. The van der Waals surface area contributed by atoms with Crippen LogP contribution in [0.25, 0.3) is 0 Å². The van der Waals surface area contributed by atoms with Gasteiger partial charge in [0.2, 0.25) is 5.91 Å². The number of hydrogen-bond donors (Lipinski definition) is 2. The van der Waals surface area contributed by atoms with Crippen molar-refractivity contribution in [2.75, 3.05) is 41.5 Å². The highest BCUT2D eigenvalue weighted by Gasteiger charge is 2.48. The third-order valence-corrected chi connectivity index (χ3v) is 8.20. The molecule has 47 heavy (non-hydrogen) atoms. The highest BCUT2D eigenvalue weighted by Crippen LogP contribution is 2.43. The minimum absolute atomic E-state index is 0.0318. The molecule has 3 aromatic carbocycles. The number of aromatic nitrogens is 2. The standard InChI is InChI=1S/C35H39N3O9/c1-37(2)30(40)19-21-45-32-31(41)28(47-33(32)38-20-18-29(39)36-34(38)42)22-46-35(23-8-6-5-7-9-23,24-10-14-26(43-3)15-11-24)25-12-16-27(44-4)17-13-25/h5-18,20,28,31-33,41H,19,21-22H2,1-4H3,(H,36,39,42)/t28-,31?,32?,33-/m0/s1. The number of rotatable bonds is 13. The van der Waals surface area contributed by atoms with Gasteiger partial charge < -0.3 is 33.7 Å². The molecule has 0 radical (unpaired) electrons. The van der Waals surface area contributed by atoms with Crippen LogP contribution in [0.5, 0.6) is 11.5 Å². The summed E-state index contributed by atoms with van der Waals surface area (Å²) in [6.07, 6.45) is -3.09. The van der Waals surface area contributed by atoms with Crippen LogP contribution < -0.4 is 20.7 Å². The monoisotopic (exact) mass is 645 g/mol. The summed E-state index contributed by atoms with van der Waals surface area (Å²) in [7, 11) is 6.46. The number of aliphatic hydroxyl groups is 1. The Labute approximate surface area is 272 Å². The zero-order valence-corrected chi connectivity index (χ0v) is 26.7. The molecule has 0 spiro atoms. The molecule has 2 unspecified atom stereocenters. The zero-order chi connectivity index (χ0) is 33.6. The van der Waals surface area contributed by atoms with Crippen molar-refractivity contribution in [1.29, 1.82) is 0 Å². The van der Waals surface area contributed by atoms with Crippen molar-refractivity contribution < 1.29 is 33.6 Å². The van der Waals surface area contributed by atoms with Crippen molar-refractivity contribution in [2.24, 2.45) is 0 Å². The van der Waals surface area contributed by atoms with Crippen LogP contribution in [0.1, 0.15) is 29.3 Å². The summed E-state index contributed by atoms with van der Waals surface area (Å²) in [5, 5.41) is 11.6. The lowest BCUT2D eigenvalue weighted by Crippen LogP contribution is -2.41. The summed E-state index contributed by atoms with van der Waals surface area (Å²) in [5.41, 5.74) is -0.124. The van der Waals surface area contributed by atoms with E-state index in [-0.39, 0.29) is 25.5 Å². The van der Waals surface area contributed by atoms with Crippen LogP contribution in [-0.4, -0.2) is 85.3 Å². The maximum Gasteiger partial charge on any atom is 0.330 e. The first-order valence-electron chi connectivity index (χ1n) is 15.1. The zero-order valence-electron chi connectivity index (χ0n) is 26.7. The van der Waals surface area contributed by atoms with Gasteiger partial charge in [0.1, 0.15) is 35.4 Å². The molecule has 4 atom stereocenters. The van der Waals surface area contributed by atoms with Gasteiger partial charge in [0.05, 0.1) is 33.9 Å². The summed E-state index contributed by atoms with van der Waals surface area (Å²) < 4.78 is 31.2. The van der Waals surface area contributed by atoms with E-state index in [0.717, 1.165) is 21.3 Å². The minimum atomic E-state index is -1.27. The summed E-state index contributed by atoms with van der Waals surface area (Å²) in [5.74, 6) is 1.17. The van der Waals surface area contributed by atoms with Gasteiger partial charge in [-0.2, -0.15) is 0 Å². The topological polar surface area (TPSA) is 142 Å². The third kappa shape index (κ3) is 7.15. The Morgan fingerprint density at radius 2 is 1.47 bits per heavy atom. The molecule has 5 rings (SSSR count). The Balaban J connectivity index is 1.53. The summed E-state index contributed by atoms with van der Waals surface area (Å²) in [6, 6.07) is 25.9. The van der Waals surface area contributed by atoms with Crippen molar-refractivity contribution in [2.45, 2.75) is 36.6 Å². The summed E-state index contributed by atoms with van der Waals surface area (Å²) in [6.45, 7) is -0.171. The van der Waals surface area contributed by atoms with Gasteiger partial charge in [-0.3, -0.25) is 19.1 Å². The number of amides is 1. The number of nitrogens with zero attached hydrogens (tertiary/aromatic N) is 2. The molecule has 0 saturated carbocycles. The molecule has 1 aliphatic rings. The fraction of sp³-hybridized carbons (Fsp3) is 0.343. The first-order chi connectivity index (χ1) is 22.7. The second kappa shape index (κ2) is 14.8. The number of hydrogen-bond acceptors (Lipinski definition) is 9. The van der Waals surface area contributed by atoms with Gasteiger partial charge >= 0.3 is 5.69 Å². The van der Waals surface area contributed by atoms with Crippen molar-refractivity contribution in [3.05, 3.63) is 129 Å². The van der Waals surface area contributed by atoms with E-state index in [2.05, 4.69) is 4.98 Å². The third-order valence-electron chi connectivity index (χ3n) is 8.20. The maximum absolute atomic E-state index is 12.8. The number of nitrogens with one attached hydrogen (secondary N) is 1. The van der Waals surface area contributed by atoms with Crippen LogP contribution in [0.2, 0.25) is 0 Å². The SMILES string of the molecule is COc1ccc(C(OC[C@@H]2O[C@H](n3ccc(=O)[nH]c3=O)C(OCCC(=O)N(C)C)C2O)(c2ccccc2)c2ccc(OC)cc2)cc1. The first kappa shape index (κ1) is 33.6. The second-order valence-corrected chi connectivity index (χ2v) is 11.3. The van der Waals surface area contributed by atoms with Crippen molar-refractivity contribution in [3.8, 4) is 11.5 Å². The maximum atomic E-state index is 12.8. The van der Waals surface area contributed by atoms with Gasteiger partial charge in [0.15, 0.2) is 6.23 Å². The number of aromatic amines is 1. The molecule has 1 saturated heterocycles. The Hall–Kier alpha value is -4.75. The van der Waals surface area contributed by atoms with E-state index in [1.807, 2.05) is 78.9 Å². The van der Waals surface area contributed by atoms with Crippen molar-refractivity contribution >= 4 is 5.91 Å². The summed E-state index contributed by atoms with van der Waals surface area (Å²) >= 11 is 0. The molecule has 12 nitrogen and oxygen atoms in total. The molecule has 4 aromatic rings. The molecule has 1 aromatic heterocycles. The van der Waals surface area contributed by atoms with Crippen LogP contribution in [0.3, 0.4) is 0 Å². The fourth-order valence-corrected chi connectivity index (χ4v) is 5.67.